The molecule has 2 aromatic carbocycles. The van der Waals surface area contributed by atoms with Crippen LogP contribution in [-0.4, -0.2) is 5.60 Å². The average molecular weight is 252 g/mol. The van der Waals surface area contributed by atoms with Crippen LogP contribution in [0.3, 0.4) is 0 Å². The number of epoxide rings is 1. The van der Waals surface area contributed by atoms with Crippen molar-refractivity contribution in [3.8, 4) is 0 Å². The summed E-state index contributed by atoms with van der Waals surface area (Å²) in [4.78, 5) is 0. The van der Waals surface area contributed by atoms with E-state index in [1.54, 1.807) is 0 Å². The molecule has 1 nitrogen and oxygen atoms in total. The zero-order chi connectivity index (χ0) is 13.1. The van der Waals surface area contributed by atoms with Crippen molar-refractivity contribution in [3.63, 3.8) is 0 Å². The first-order valence-electron chi connectivity index (χ1n) is 7.11. The third-order valence-electron chi connectivity index (χ3n) is 3.89. The molecular weight excluding hydrogens is 232 g/mol. The molecule has 1 heterocycles. The van der Waals surface area contributed by atoms with E-state index in [1.165, 1.54) is 11.1 Å². The van der Waals surface area contributed by atoms with Gasteiger partial charge in [0.2, 0.25) is 0 Å². The van der Waals surface area contributed by atoms with E-state index in [1.807, 2.05) is 0 Å². The highest BCUT2D eigenvalue weighted by Crippen LogP contribution is 2.54. The molecular formula is C18H20O. The van der Waals surface area contributed by atoms with Crippen molar-refractivity contribution >= 4 is 0 Å². The van der Waals surface area contributed by atoms with E-state index in [0.29, 0.717) is 0 Å². The SMILES string of the molecule is CCCC1(Cc2ccccc2)OC1c1ccccc1. The molecule has 1 saturated heterocycles. The van der Waals surface area contributed by atoms with Crippen LogP contribution in [0.2, 0.25) is 0 Å². The molecule has 1 fully saturated rings. The Morgan fingerprint density at radius 2 is 1.58 bits per heavy atom. The van der Waals surface area contributed by atoms with Gasteiger partial charge in [0, 0.05) is 6.42 Å². The number of rotatable bonds is 5. The summed E-state index contributed by atoms with van der Waals surface area (Å²) in [6.45, 7) is 2.23. The minimum Gasteiger partial charge on any atom is -0.361 e. The number of hydrogen-bond acceptors (Lipinski definition) is 1. The number of hydrogen-bond donors (Lipinski definition) is 0. The summed E-state index contributed by atoms with van der Waals surface area (Å²) in [5.74, 6) is 0. The first-order chi connectivity index (χ1) is 9.34. The predicted molar refractivity (Wildman–Crippen MR) is 78.1 cm³/mol. The minimum atomic E-state index is 0.0253. The Morgan fingerprint density at radius 1 is 0.947 bits per heavy atom. The maximum absolute atomic E-state index is 6.14. The molecule has 0 aromatic heterocycles. The fourth-order valence-electron chi connectivity index (χ4n) is 2.98. The monoisotopic (exact) mass is 252 g/mol. The Hall–Kier alpha value is -1.60. The summed E-state index contributed by atoms with van der Waals surface area (Å²) in [6.07, 6.45) is 3.58. The molecule has 1 heteroatoms. The molecule has 0 spiro atoms. The largest absolute Gasteiger partial charge is 0.361 e. The van der Waals surface area contributed by atoms with Crippen LogP contribution in [0.25, 0.3) is 0 Å². The first kappa shape index (κ1) is 12.4. The van der Waals surface area contributed by atoms with Crippen molar-refractivity contribution in [1.29, 1.82) is 0 Å². The predicted octanol–water partition coefficient (Wildman–Crippen LogP) is 4.54. The minimum absolute atomic E-state index is 0.0253. The second-order valence-electron chi connectivity index (χ2n) is 5.39. The highest BCUT2D eigenvalue weighted by atomic mass is 16.6. The lowest BCUT2D eigenvalue weighted by Gasteiger charge is -2.12. The average Bonchev–Trinajstić information content (AvgIpc) is 3.15. The van der Waals surface area contributed by atoms with Crippen LogP contribution in [0.4, 0.5) is 0 Å². The van der Waals surface area contributed by atoms with Gasteiger partial charge in [0.1, 0.15) is 11.7 Å². The summed E-state index contributed by atoms with van der Waals surface area (Å²) in [6, 6.07) is 21.3. The highest BCUT2D eigenvalue weighted by molar-refractivity contribution is 5.29. The molecule has 1 aliphatic rings. The summed E-state index contributed by atoms with van der Waals surface area (Å²) >= 11 is 0. The molecule has 2 atom stereocenters. The van der Waals surface area contributed by atoms with Crippen molar-refractivity contribution < 1.29 is 4.74 Å². The van der Waals surface area contributed by atoms with E-state index in [4.69, 9.17) is 4.74 Å². The molecule has 3 rings (SSSR count). The van der Waals surface area contributed by atoms with Crippen LogP contribution in [-0.2, 0) is 11.2 Å². The molecule has 19 heavy (non-hydrogen) atoms. The van der Waals surface area contributed by atoms with Gasteiger partial charge in [-0.15, -0.1) is 0 Å². The Kier molecular flexibility index (Phi) is 3.39. The second kappa shape index (κ2) is 5.18. The fourth-order valence-corrected chi connectivity index (χ4v) is 2.98. The van der Waals surface area contributed by atoms with Crippen molar-refractivity contribution in [3.05, 3.63) is 71.8 Å². The number of ether oxygens (including phenoxy) is 1. The van der Waals surface area contributed by atoms with Gasteiger partial charge < -0.3 is 4.74 Å². The van der Waals surface area contributed by atoms with E-state index in [-0.39, 0.29) is 11.7 Å². The Bertz CT molecular complexity index is 520. The van der Waals surface area contributed by atoms with Gasteiger partial charge in [0.15, 0.2) is 0 Å². The highest BCUT2D eigenvalue weighted by Gasteiger charge is 2.55. The van der Waals surface area contributed by atoms with Crippen molar-refractivity contribution in [2.24, 2.45) is 0 Å². The molecule has 2 unspecified atom stereocenters. The van der Waals surface area contributed by atoms with Crippen molar-refractivity contribution in [1.82, 2.24) is 0 Å². The van der Waals surface area contributed by atoms with Gasteiger partial charge in [-0.25, -0.2) is 0 Å². The zero-order valence-corrected chi connectivity index (χ0v) is 11.4. The van der Waals surface area contributed by atoms with E-state index in [2.05, 4.69) is 67.6 Å². The summed E-state index contributed by atoms with van der Waals surface area (Å²) in [5, 5.41) is 0. The van der Waals surface area contributed by atoms with Gasteiger partial charge in [-0.3, -0.25) is 0 Å². The molecule has 1 aliphatic heterocycles. The maximum atomic E-state index is 6.14. The van der Waals surface area contributed by atoms with Crippen molar-refractivity contribution in [2.75, 3.05) is 0 Å². The lowest BCUT2D eigenvalue weighted by Crippen LogP contribution is -2.16. The molecule has 0 saturated carbocycles. The Labute approximate surface area is 115 Å². The fraction of sp³-hybridized carbons (Fsp3) is 0.333. The van der Waals surface area contributed by atoms with Crippen LogP contribution < -0.4 is 0 Å². The molecule has 0 amide bonds. The van der Waals surface area contributed by atoms with Gasteiger partial charge in [-0.2, -0.15) is 0 Å². The van der Waals surface area contributed by atoms with Gasteiger partial charge >= 0.3 is 0 Å². The van der Waals surface area contributed by atoms with E-state index in [0.717, 1.165) is 19.3 Å². The third-order valence-corrected chi connectivity index (χ3v) is 3.89. The second-order valence-corrected chi connectivity index (χ2v) is 5.39. The molecule has 0 radical (unpaired) electrons. The van der Waals surface area contributed by atoms with Crippen molar-refractivity contribution in [2.45, 2.75) is 37.9 Å². The first-order valence-corrected chi connectivity index (χ1v) is 7.11. The van der Waals surface area contributed by atoms with Crippen LogP contribution in [0.5, 0.6) is 0 Å². The Morgan fingerprint density at radius 3 is 2.21 bits per heavy atom. The zero-order valence-electron chi connectivity index (χ0n) is 11.4. The normalized spacial score (nSPS) is 25.2. The van der Waals surface area contributed by atoms with Gasteiger partial charge in [0.05, 0.1) is 0 Å². The molecule has 0 bridgehead atoms. The molecule has 2 aromatic rings. The summed E-state index contributed by atoms with van der Waals surface area (Å²) in [7, 11) is 0. The van der Waals surface area contributed by atoms with Gasteiger partial charge in [-0.05, 0) is 17.5 Å². The standard InChI is InChI=1S/C18H20O/c1-2-13-18(14-15-9-5-3-6-10-15)17(19-18)16-11-7-4-8-12-16/h3-12,17H,2,13-14H2,1H3. The van der Waals surface area contributed by atoms with E-state index in [9.17, 15) is 0 Å². The quantitative estimate of drug-likeness (QED) is 0.712. The topological polar surface area (TPSA) is 12.5 Å². The van der Waals surface area contributed by atoms with E-state index < -0.39 is 0 Å². The smallest absolute Gasteiger partial charge is 0.113 e. The van der Waals surface area contributed by atoms with Crippen LogP contribution in [0, 0.1) is 0 Å². The molecule has 0 N–H and O–H groups in total. The number of benzene rings is 2. The van der Waals surface area contributed by atoms with Crippen LogP contribution in [0.15, 0.2) is 60.7 Å². The summed E-state index contributed by atoms with van der Waals surface area (Å²) in [5.41, 5.74) is 2.71. The molecule has 0 aliphatic carbocycles. The lowest BCUT2D eigenvalue weighted by atomic mass is 9.89. The molecule has 98 valence electrons. The van der Waals surface area contributed by atoms with Gasteiger partial charge in [0.25, 0.3) is 0 Å². The lowest BCUT2D eigenvalue weighted by molar-refractivity contribution is 0.277. The van der Waals surface area contributed by atoms with Crippen LogP contribution >= 0.6 is 0 Å². The van der Waals surface area contributed by atoms with Gasteiger partial charge in [-0.1, -0.05) is 74.0 Å². The summed E-state index contributed by atoms with van der Waals surface area (Å²) < 4.78 is 6.14. The third kappa shape index (κ3) is 2.57. The van der Waals surface area contributed by atoms with Crippen LogP contribution in [0.1, 0.15) is 37.0 Å². The maximum Gasteiger partial charge on any atom is 0.113 e. The van der Waals surface area contributed by atoms with E-state index >= 15 is 0 Å². The Balaban J connectivity index is 1.79.